The molecular formula is C17H26O4. The highest BCUT2D eigenvalue weighted by Crippen LogP contribution is 2.50. The molecule has 118 valence electrons. The number of methoxy groups -OCH3 is 2. The van der Waals surface area contributed by atoms with Crippen LogP contribution in [0.4, 0.5) is 0 Å². The minimum atomic E-state index is -0.701. The van der Waals surface area contributed by atoms with E-state index < -0.39 is 11.7 Å². The van der Waals surface area contributed by atoms with Crippen LogP contribution < -0.4 is 9.47 Å². The van der Waals surface area contributed by atoms with Gasteiger partial charge in [0.2, 0.25) is 0 Å². The van der Waals surface area contributed by atoms with Crippen LogP contribution in [-0.4, -0.2) is 30.5 Å². The summed E-state index contributed by atoms with van der Waals surface area (Å²) in [6.07, 6.45) is 0.0791. The van der Waals surface area contributed by atoms with E-state index in [9.17, 15) is 5.11 Å². The maximum atomic E-state index is 11.0. The van der Waals surface area contributed by atoms with Gasteiger partial charge in [-0.2, -0.15) is 0 Å². The summed E-state index contributed by atoms with van der Waals surface area (Å²) in [7, 11) is 3.20. The topological polar surface area (TPSA) is 47.9 Å². The van der Waals surface area contributed by atoms with Crippen molar-refractivity contribution in [3.63, 3.8) is 0 Å². The Balaban J connectivity index is 2.43. The first-order valence-corrected chi connectivity index (χ1v) is 7.31. The van der Waals surface area contributed by atoms with E-state index in [1.165, 1.54) is 0 Å². The second kappa shape index (κ2) is 5.50. The Morgan fingerprint density at radius 1 is 1.14 bits per heavy atom. The molecule has 1 aliphatic heterocycles. The Labute approximate surface area is 127 Å². The standard InChI is InChI=1S/C17H26O4/c1-16(2)10-11(17(3,4)21-16)15(18)14-12(19-5)8-7-9-13(14)20-6/h7-9,11,15,18H,10H2,1-6H3. The Bertz CT molecular complexity index is 485. The Morgan fingerprint density at radius 3 is 2.05 bits per heavy atom. The summed E-state index contributed by atoms with van der Waals surface area (Å²) in [6, 6.07) is 5.54. The number of benzene rings is 1. The van der Waals surface area contributed by atoms with Crippen molar-refractivity contribution in [1.82, 2.24) is 0 Å². The molecule has 0 spiro atoms. The summed E-state index contributed by atoms with van der Waals surface area (Å²) in [5.74, 6) is 1.25. The Hall–Kier alpha value is -1.26. The van der Waals surface area contributed by atoms with Crippen LogP contribution >= 0.6 is 0 Å². The molecule has 0 amide bonds. The van der Waals surface area contributed by atoms with Gasteiger partial charge >= 0.3 is 0 Å². The molecule has 1 N–H and O–H groups in total. The van der Waals surface area contributed by atoms with Gasteiger partial charge in [-0.3, -0.25) is 0 Å². The summed E-state index contributed by atoms with van der Waals surface area (Å²) < 4.78 is 16.9. The molecule has 4 heteroatoms. The highest BCUT2D eigenvalue weighted by molar-refractivity contribution is 5.47. The van der Waals surface area contributed by atoms with Gasteiger partial charge in [0.25, 0.3) is 0 Å². The second-order valence-electron chi connectivity index (χ2n) is 6.80. The van der Waals surface area contributed by atoms with Crippen molar-refractivity contribution in [1.29, 1.82) is 0 Å². The number of rotatable bonds is 4. The van der Waals surface area contributed by atoms with Gasteiger partial charge in [0.1, 0.15) is 11.5 Å². The molecule has 0 radical (unpaired) electrons. The van der Waals surface area contributed by atoms with Gasteiger partial charge in [0, 0.05) is 5.92 Å². The number of ether oxygens (including phenoxy) is 3. The first-order chi connectivity index (χ1) is 9.72. The highest BCUT2D eigenvalue weighted by Gasteiger charge is 2.50. The molecule has 2 atom stereocenters. The van der Waals surface area contributed by atoms with Gasteiger partial charge in [-0.1, -0.05) is 6.07 Å². The lowest BCUT2D eigenvalue weighted by molar-refractivity contribution is -0.0883. The lowest BCUT2D eigenvalue weighted by Crippen LogP contribution is -2.33. The van der Waals surface area contributed by atoms with E-state index in [4.69, 9.17) is 14.2 Å². The van der Waals surface area contributed by atoms with Crippen LogP contribution in [0.5, 0.6) is 11.5 Å². The minimum Gasteiger partial charge on any atom is -0.496 e. The molecule has 1 heterocycles. The molecule has 0 saturated carbocycles. The number of hydrogen-bond acceptors (Lipinski definition) is 4. The predicted octanol–water partition coefficient (Wildman–Crippen LogP) is 3.33. The van der Waals surface area contributed by atoms with Crippen molar-refractivity contribution >= 4 is 0 Å². The summed E-state index contributed by atoms with van der Waals surface area (Å²) in [5, 5.41) is 11.0. The van der Waals surface area contributed by atoms with Gasteiger partial charge in [-0.25, -0.2) is 0 Å². The highest BCUT2D eigenvalue weighted by atomic mass is 16.5. The predicted molar refractivity (Wildman–Crippen MR) is 81.9 cm³/mol. The van der Waals surface area contributed by atoms with Gasteiger partial charge in [-0.15, -0.1) is 0 Å². The summed E-state index contributed by atoms with van der Waals surface area (Å²) in [5.41, 5.74) is 0.0426. The van der Waals surface area contributed by atoms with Gasteiger partial charge in [0.05, 0.1) is 37.1 Å². The Morgan fingerprint density at radius 2 is 1.67 bits per heavy atom. The van der Waals surface area contributed by atoms with Gasteiger partial charge in [0.15, 0.2) is 0 Å². The monoisotopic (exact) mass is 294 g/mol. The van der Waals surface area contributed by atoms with E-state index in [1.807, 2.05) is 32.0 Å². The van der Waals surface area contributed by atoms with Crippen molar-refractivity contribution in [2.45, 2.75) is 51.4 Å². The van der Waals surface area contributed by atoms with Crippen molar-refractivity contribution < 1.29 is 19.3 Å². The molecule has 1 aromatic carbocycles. The fourth-order valence-corrected chi connectivity index (χ4v) is 3.47. The molecule has 2 unspecified atom stereocenters. The zero-order valence-corrected chi connectivity index (χ0v) is 13.8. The van der Waals surface area contributed by atoms with Gasteiger partial charge in [-0.05, 0) is 46.2 Å². The molecular weight excluding hydrogens is 268 g/mol. The molecule has 1 aliphatic rings. The molecule has 1 saturated heterocycles. The summed E-state index contributed by atoms with van der Waals surface area (Å²) >= 11 is 0. The average Bonchev–Trinajstić information content (AvgIpc) is 2.64. The van der Waals surface area contributed by atoms with Crippen molar-refractivity contribution in [3.05, 3.63) is 23.8 Å². The summed E-state index contributed by atoms with van der Waals surface area (Å²) in [4.78, 5) is 0. The Kier molecular flexibility index (Phi) is 4.22. The van der Waals surface area contributed by atoms with Crippen molar-refractivity contribution in [2.75, 3.05) is 14.2 Å². The van der Waals surface area contributed by atoms with Gasteiger partial charge < -0.3 is 19.3 Å². The van der Waals surface area contributed by atoms with Crippen LogP contribution in [-0.2, 0) is 4.74 Å². The average molecular weight is 294 g/mol. The minimum absolute atomic E-state index is 0.0299. The zero-order chi connectivity index (χ0) is 15.8. The SMILES string of the molecule is COc1cccc(OC)c1C(O)C1CC(C)(C)OC1(C)C. The number of aliphatic hydroxyl groups is 1. The summed E-state index contributed by atoms with van der Waals surface area (Å²) in [6.45, 7) is 8.16. The fraction of sp³-hybridized carbons (Fsp3) is 0.647. The van der Waals surface area contributed by atoms with E-state index in [0.29, 0.717) is 17.1 Å². The third kappa shape index (κ3) is 3.01. The number of aliphatic hydroxyl groups excluding tert-OH is 1. The molecule has 0 aliphatic carbocycles. The van der Waals surface area contributed by atoms with E-state index in [2.05, 4.69) is 13.8 Å². The first kappa shape index (κ1) is 16.1. The molecule has 2 rings (SSSR count). The normalized spacial score (nSPS) is 24.6. The maximum Gasteiger partial charge on any atom is 0.128 e. The molecule has 1 aromatic rings. The van der Waals surface area contributed by atoms with Crippen LogP contribution in [0.25, 0.3) is 0 Å². The molecule has 21 heavy (non-hydrogen) atoms. The maximum absolute atomic E-state index is 11.0. The van der Waals surface area contributed by atoms with E-state index >= 15 is 0 Å². The lowest BCUT2D eigenvalue weighted by atomic mass is 9.80. The second-order valence-corrected chi connectivity index (χ2v) is 6.80. The smallest absolute Gasteiger partial charge is 0.128 e. The van der Waals surface area contributed by atoms with Crippen LogP contribution in [0.1, 0.15) is 45.8 Å². The largest absolute Gasteiger partial charge is 0.496 e. The van der Waals surface area contributed by atoms with E-state index in [-0.39, 0.29) is 11.5 Å². The van der Waals surface area contributed by atoms with E-state index in [0.717, 1.165) is 6.42 Å². The fourth-order valence-electron chi connectivity index (χ4n) is 3.47. The van der Waals surface area contributed by atoms with Crippen LogP contribution in [0.15, 0.2) is 18.2 Å². The van der Waals surface area contributed by atoms with E-state index in [1.54, 1.807) is 14.2 Å². The van der Waals surface area contributed by atoms with Crippen molar-refractivity contribution in [3.8, 4) is 11.5 Å². The lowest BCUT2D eigenvalue weighted by Gasteiger charge is -2.31. The molecule has 0 bridgehead atoms. The zero-order valence-electron chi connectivity index (χ0n) is 13.8. The van der Waals surface area contributed by atoms with Crippen LogP contribution in [0.3, 0.4) is 0 Å². The quantitative estimate of drug-likeness (QED) is 0.925. The molecule has 4 nitrogen and oxygen atoms in total. The third-order valence-corrected chi connectivity index (χ3v) is 4.29. The van der Waals surface area contributed by atoms with Crippen LogP contribution in [0.2, 0.25) is 0 Å². The number of hydrogen-bond donors (Lipinski definition) is 1. The van der Waals surface area contributed by atoms with Crippen molar-refractivity contribution in [2.24, 2.45) is 5.92 Å². The van der Waals surface area contributed by atoms with Crippen LogP contribution in [0, 0.1) is 5.92 Å². The first-order valence-electron chi connectivity index (χ1n) is 7.31. The molecule has 0 aromatic heterocycles. The third-order valence-electron chi connectivity index (χ3n) is 4.29. The molecule has 1 fully saturated rings.